The normalized spacial score (nSPS) is 13.0. The Kier molecular flexibility index (Phi) is 4.24. The number of nitrogens with two attached hydrogens (primary N) is 1. The lowest BCUT2D eigenvalue weighted by molar-refractivity contribution is 0.481. The smallest absolute Gasteiger partial charge is 0.0960 e. The predicted molar refractivity (Wildman–Crippen MR) is 77.6 cm³/mol. The van der Waals surface area contributed by atoms with E-state index in [0.717, 1.165) is 11.2 Å². The summed E-state index contributed by atoms with van der Waals surface area (Å²) in [6.07, 6.45) is 8.42. The first-order chi connectivity index (χ1) is 8.72. The van der Waals surface area contributed by atoms with E-state index in [4.69, 9.17) is 5.73 Å². The van der Waals surface area contributed by atoms with E-state index < -0.39 is 0 Å². The lowest BCUT2D eigenvalue weighted by atomic mass is 10.1. The second-order valence-electron chi connectivity index (χ2n) is 5.10. The molecule has 0 saturated heterocycles. The maximum Gasteiger partial charge on any atom is 0.0960 e. The highest BCUT2D eigenvalue weighted by molar-refractivity contribution is 5.79. The van der Waals surface area contributed by atoms with Crippen LogP contribution < -0.4 is 5.73 Å². The molecule has 0 aliphatic heterocycles. The molecule has 3 heteroatoms. The number of aromatic nitrogens is 2. The second kappa shape index (κ2) is 5.89. The van der Waals surface area contributed by atoms with Crippen molar-refractivity contribution < 1.29 is 0 Å². The van der Waals surface area contributed by atoms with E-state index in [-0.39, 0.29) is 0 Å². The molecule has 1 atom stereocenters. The van der Waals surface area contributed by atoms with Gasteiger partial charge in [-0.3, -0.25) is 0 Å². The van der Waals surface area contributed by atoms with Gasteiger partial charge in [-0.15, -0.1) is 0 Å². The molecule has 0 radical (unpaired) electrons. The SMILES string of the molecule is CCCCCCC(C)n1cnc2cc(N)ccc21. The third-order valence-corrected chi connectivity index (χ3v) is 3.55. The Morgan fingerprint density at radius 3 is 2.89 bits per heavy atom. The summed E-state index contributed by atoms with van der Waals surface area (Å²) in [5.41, 5.74) is 8.74. The number of nitrogens with zero attached hydrogens (tertiary/aromatic N) is 2. The largest absolute Gasteiger partial charge is 0.399 e. The Morgan fingerprint density at radius 1 is 1.28 bits per heavy atom. The molecule has 0 aliphatic carbocycles. The fourth-order valence-electron chi connectivity index (χ4n) is 2.41. The van der Waals surface area contributed by atoms with Crippen molar-refractivity contribution in [1.82, 2.24) is 9.55 Å². The fourth-order valence-corrected chi connectivity index (χ4v) is 2.41. The molecule has 1 aromatic carbocycles. The molecule has 2 aromatic rings. The fraction of sp³-hybridized carbons (Fsp3) is 0.533. The van der Waals surface area contributed by atoms with Gasteiger partial charge >= 0.3 is 0 Å². The number of hydrogen-bond acceptors (Lipinski definition) is 2. The van der Waals surface area contributed by atoms with Gasteiger partial charge in [-0.1, -0.05) is 32.6 Å². The molecule has 98 valence electrons. The summed E-state index contributed by atoms with van der Waals surface area (Å²) in [5, 5.41) is 0. The molecule has 0 fully saturated rings. The van der Waals surface area contributed by atoms with Crippen molar-refractivity contribution in [3.8, 4) is 0 Å². The first-order valence-corrected chi connectivity index (χ1v) is 6.94. The van der Waals surface area contributed by atoms with E-state index in [9.17, 15) is 0 Å². The number of anilines is 1. The molecule has 2 rings (SSSR count). The number of fused-ring (bicyclic) bond motifs is 1. The zero-order chi connectivity index (χ0) is 13.0. The molecule has 18 heavy (non-hydrogen) atoms. The van der Waals surface area contributed by atoms with Crippen LogP contribution in [0.1, 0.15) is 52.0 Å². The van der Waals surface area contributed by atoms with Gasteiger partial charge < -0.3 is 10.3 Å². The van der Waals surface area contributed by atoms with Crippen LogP contribution in [0.25, 0.3) is 11.0 Å². The molecule has 1 unspecified atom stereocenters. The summed E-state index contributed by atoms with van der Waals surface area (Å²) in [4.78, 5) is 4.43. The zero-order valence-corrected chi connectivity index (χ0v) is 11.4. The molecule has 0 amide bonds. The number of benzene rings is 1. The summed E-state index contributed by atoms with van der Waals surface area (Å²) < 4.78 is 2.26. The molecule has 0 saturated carbocycles. The van der Waals surface area contributed by atoms with Crippen LogP contribution in [-0.4, -0.2) is 9.55 Å². The molecular formula is C15H23N3. The summed E-state index contributed by atoms with van der Waals surface area (Å²) >= 11 is 0. The molecule has 1 heterocycles. The second-order valence-corrected chi connectivity index (χ2v) is 5.10. The highest BCUT2D eigenvalue weighted by atomic mass is 15.1. The topological polar surface area (TPSA) is 43.8 Å². The van der Waals surface area contributed by atoms with Crippen LogP contribution >= 0.6 is 0 Å². The van der Waals surface area contributed by atoms with Crippen LogP contribution in [0.15, 0.2) is 24.5 Å². The van der Waals surface area contributed by atoms with Gasteiger partial charge in [-0.25, -0.2) is 4.98 Å². The van der Waals surface area contributed by atoms with E-state index in [1.807, 2.05) is 18.5 Å². The van der Waals surface area contributed by atoms with Crippen molar-refractivity contribution in [3.05, 3.63) is 24.5 Å². The Labute approximate surface area is 109 Å². The van der Waals surface area contributed by atoms with Gasteiger partial charge in [0, 0.05) is 11.7 Å². The number of rotatable bonds is 6. The molecule has 1 aromatic heterocycles. The van der Waals surface area contributed by atoms with Gasteiger partial charge in [0.2, 0.25) is 0 Å². The van der Waals surface area contributed by atoms with Gasteiger partial charge in [0.05, 0.1) is 17.4 Å². The third kappa shape index (κ3) is 2.84. The first kappa shape index (κ1) is 12.9. The van der Waals surface area contributed by atoms with E-state index in [1.165, 1.54) is 37.6 Å². The van der Waals surface area contributed by atoms with Gasteiger partial charge in [-0.2, -0.15) is 0 Å². The van der Waals surface area contributed by atoms with E-state index in [1.54, 1.807) is 0 Å². The quantitative estimate of drug-likeness (QED) is 0.613. The Hall–Kier alpha value is -1.51. The van der Waals surface area contributed by atoms with Crippen LogP contribution in [0.2, 0.25) is 0 Å². The van der Waals surface area contributed by atoms with Crippen molar-refractivity contribution in [1.29, 1.82) is 0 Å². The molecule has 0 bridgehead atoms. The summed E-state index contributed by atoms with van der Waals surface area (Å²) in [7, 11) is 0. The molecule has 2 N–H and O–H groups in total. The van der Waals surface area contributed by atoms with E-state index in [0.29, 0.717) is 6.04 Å². The molecule has 0 spiro atoms. The predicted octanol–water partition coefficient (Wildman–Crippen LogP) is 4.15. The Bertz CT molecular complexity index is 501. The number of unbranched alkanes of at least 4 members (excludes halogenated alkanes) is 3. The maximum absolute atomic E-state index is 5.77. The average Bonchev–Trinajstić information content (AvgIpc) is 2.77. The Balaban J connectivity index is 2.06. The average molecular weight is 245 g/mol. The number of hydrogen-bond donors (Lipinski definition) is 1. The van der Waals surface area contributed by atoms with E-state index >= 15 is 0 Å². The standard InChI is InChI=1S/C15H23N3/c1-3-4-5-6-7-12(2)18-11-17-14-10-13(16)8-9-15(14)18/h8-12H,3-7,16H2,1-2H3. The van der Waals surface area contributed by atoms with Crippen LogP contribution in [0.4, 0.5) is 5.69 Å². The number of imidazole rings is 1. The minimum absolute atomic E-state index is 0.510. The van der Waals surface area contributed by atoms with Gasteiger partial charge in [0.1, 0.15) is 0 Å². The molecule has 3 nitrogen and oxygen atoms in total. The van der Waals surface area contributed by atoms with Crippen molar-refractivity contribution in [3.63, 3.8) is 0 Å². The van der Waals surface area contributed by atoms with E-state index in [2.05, 4.69) is 29.5 Å². The summed E-state index contributed by atoms with van der Waals surface area (Å²) in [6, 6.07) is 6.47. The van der Waals surface area contributed by atoms with Crippen LogP contribution in [0, 0.1) is 0 Å². The minimum atomic E-state index is 0.510. The van der Waals surface area contributed by atoms with Gasteiger partial charge in [0.25, 0.3) is 0 Å². The van der Waals surface area contributed by atoms with Crippen LogP contribution in [-0.2, 0) is 0 Å². The lowest BCUT2D eigenvalue weighted by Crippen LogP contribution is -2.03. The van der Waals surface area contributed by atoms with Crippen molar-refractivity contribution >= 4 is 16.7 Å². The van der Waals surface area contributed by atoms with Crippen LogP contribution in [0.3, 0.4) is 0 Å². The highest BCUT2D eigenvalue weighted by Gasteiger charge is 2.09. The summed E-state index contributed by atoms with van der Waals surface area (Å²) in [6.45, 7) is 4.51. The minimum Gasteiger partial charge on any atom is -0.399 e. The number of nitrogen functional groups attached to an aromatic ring is 1. The van der Waals surface area contributed by atoms with Crippen molar-refractivity contribution in [2.24, 2.45) is 0 Å². The molecule has 0 aliphatic rings. The maximum atomic E-state index is 5.77. The summed E-state index contributed by atoms with van der Waals surface area (Å²) in [5.74, 6) is 0. The molecular weight excluding hydrogens is 222 g/mol. The van der Waals surface area contributed by atoms with Gasteiger partial charge in [0.15, 0.2) is 0 Å². The first-order valence-electron chi connectivity index (χ1n) is 6.94. The highest BCUT2D eigenvalue weighted by Crippen LogP contribution is 2.23. The van der Waals surface area contributed by atoms with Gasteiger partial charge in [-0.05, 0) is 31.5 Å². The zero-order valence-electron chi connectivity index (χ0n) is 11.4. The van der Waals surface area contributed by atoms with Crippen LogP contribution in [0.5, 0.6) is 0 Å². The van der Waals surface area contributed by atoms with Crippen molar-refractivity contribution in [2.45, 2.75) is 52.0 Å². The monoisotopic (exact) mass is 245 g/mol. The third-order valence-electron chi connectivity index (χ3n) is 3.55. The Morgan fingerprint density at radius 2 is 2.11 bits per heavy atom. The van der Waals surface area contributed by atoms with Crippen molar-refractivity contribution in [2.75, 3.05) is 5.73 Å². The lowest BCUT2D eigenvalue weighted by Gasteiger charge is -2.14.